The number of aromatic nitrogens is 1. The fourth-order valence-corrected chi connectivity index (χ4v) is 4.56. The van der Waals surface area contributed by atoms with Gasteiger partial charge in [0, 0.05) is 16.8 Å². The summed E-state index contributed by atoms with van der Waals surface area (Å²) in [4.78, 5) is 44.6. The molecule has 0 N–H and O–H groups in total. The molecule has 0 saturated carbocycles. The molecule has 1 amide bonds. The molecule has 1 aromatic carbocycles. The van der Waals surface area contributed by atoms with Crippen molar-refractivity contribution < 1.29 is 28.6 Å². The molecule has 1 saturated heterocycles. The first kappa shape index (κ1) is 22.3. The lowest BCUT2D eigenvalue weighted by molar-refractivity contribution is -0.145. The maximum atomic E-state index is 13.4. The van der Waals surface area contributed by atoms with Gasteiger partial charge < -0.3 is 14.2 Å². The maximum Gasteiger partial charge on any atom is 0.411 e. The summed E-state index contributed by atoms with van der Waals surface area (Å²) in [5, 5.41) is 1.10. The van der Waals surface area contributed by atoms with E-state index >= 15 is 0 Å². The molecule has 1 spiro atoms. The van der Waals surface area contributed by atoms with E-state index in [1.165, 1.54) is 12.0 Å². The molecule has 0 radical (unpaired) electrons. The van der Waals surface area contributed by atoms with E-state index in [0.29, 0.717) is 32.9 Å². The highest BCUT2D eigenvalue weighted by Crippen LogP contribution is 2.45. The molecule has 2 aliphatic heterocycles. The third-order valence-corrected chi connectivity index (χ3v) is 5.89. The highest BCUT2D eigenvalue weighted by Gasteiger charge is 2.55. The Bertz CT molecular complexity index is 1140. The fraction of sp³-hybridized carbons (Fsp3) is 0.478. The minimum absolute atomic E-state index is 0.00212. The second-order valence-electron chi connectivity index (χ2n) is 9.30. The van der Waals surface area contributed by atoms with Gasteiger partial charge in [0.2, 0.25) is 0 Å². The van der Waals surface area contributed by atoms with E-state index in [4.69, 9.17) is 25.8 Å². The summed E-state index contributed by atoms with van der Waals surface area (Å²) in [6, 6.07) is 4.25. The van der Waals surface area contributed by atoms with Crippen molar-refractivity contribution in [3.8, 4) is 5.75 Å². The second-order valence-corrected chi connectivity index (χ2v) is 9.74. The molecule has 4 rings (SSSR count). The fourth-order valence-electron chi connectivity index (χ4n) is 4.38. The smallest absolute Gasteiger partial charge is 0.411 e. The van der Waals surface area contributed by atoms with E-state index in [-0.39, 0.29) is 25.2 Å². The number of fused-ring (bicyclic) bond motifs is 3. The number of likely N-dealkylation sites (tertiary alicyclic amines) is 1. The van der Waals surface area contributed by atoms with Gasteiger partial charge in [-0.2, -0.15) is 0 Å². The van der Waals surface area contributed by atoms with Crippen LogP contribution in [0.1, 0.15) is 49.7 Å². The van der Waals surface area contributed by atoms with E-state index in [1.807, 2.05) is 0 Å². The quantitative estimate of drug-likeness (QED) is 0.591. The van der Waals surface area contributed by atoms with Crippen molar-refractivity contribution in [1.82, 2.24) is 9.88 Å². The van der Waals surface area contributed by atoms with Crippen molar-refractivity contribution in [2.45, 2.75) is 57.8 Å². The number of methoxy groups -OCH3 is 1. The lowest BCUT2D eigenvalue weighted by atomic mass is 9.86. The number of carbonyl (C=O) groups excluding carboxylic acids is 3. The molecule has 170 valence electrons. The zero-order valence-corrected chi connectivity index (χ0v) is 19.4. The molecule has 0 aliphatic carbocycles. The molecule has 2 atom stereocenters. The van der Waals surface area contributed by atoms with E-state index in [2.05, 4.69) is 4.98 Å². The number of carbonyl (C=O) groups is 3. The Morgan fingerprint density at radius 2 is 2.03 bits per heavy atom. The Labute approximate surface area is 190 Å². The molecule has 3 heterocycles. The summed E-state index contributed by atoms with van der Waals surface area (Å²) >= 11 is 6.16. The number of amides is 1. The Morgan fingerprint density at radius 1 is 1.31 bits per heavy atom. The normalized spacial score (nSPS) is 22.6. The number of nitrogens with zero attached hydrogens (tertiary/aromatic N) is 2. The van der Waals surface area contributed by atoms with Crippen LogP contribution in [0.15, 0.2) is 18.2 Å². The number of hydrogen-bond donors (Lipinski definition) is 0. The number of esters is 1. The monoisotopic (exact) mass is 460 g/mol. The molecule has 1 aromatic heterocycles. The summed E-state index contributed by atoms with van der Waals surface area (Å²) < 4.78 is 16.8. The third-order valence-electron chi connectivity index (χ3n) is 5.65. The van der Waals surface area contributed by atoms with Gasteiger partial charge in [-0.25, -0.2) is 14.6 Å². The number of rotatable bonds is 1. The predicted octanol–water partition coefficient (Wildman–Crippen LogP) is 4.08. The summed E-state index contributed by atoms with van der Waals surface area (Å²) in [6.45, 7) is 7.00. The second kappa shape index (κ2) is 7.62. The van der Waals surface area contributed by atoms with Crippen LogP contribution in [-0.4, -0.2) is 58.6 Å². The number of pyridine rings is 1. The first-order valence-corrected chi connectivity index (χ1v) is 10.7. The molecule has 1 fully saturated rings. The summed E-state index contributed by atoms with van der Waals surface area (Å²) in [5.74, 6) is -0.390. The van der Waals surface area contributed by atoms with Crippen LogP contribution in [0, 0.1) is 6.92 Å². The number of benzene rings is 1. The summed E-state index contributed by atoms with van der Waals surface area (Å²) in [5.41, 5.74) is -0.216. The highest BCUT2D eigenvalue weighted by molar-refractivity contribution is 6.31. The van der Waals surface area contributed by atoms with Crippen LogP contribution < -0.4 is 4.74 Å². The van der Waals surface area contributed by atoms with E-state index in [0.717, 1.165) is 0 Å². The van der Waals surface area contributed by atoms with Crippen LogP contribution in [0.5, 0.6) is 5.75 Å². The van der Waals surface area contributed by atoms with Gasteiger partial charge in [-0.05, 0) is 45.9 Å². The van der Waals surface area contributed by atoms with E-state index < -0.39 is 29.3 Å². The lowest BCUT2D eigenvalue weighted by Gasteiger charge is -2.35. The molecular weight excluding hydrogens is 436 g/mol. The Balaban J connectivity index is 1.75. The van der Waals surface area contributed by atoms with E-state index in [1.54, 1.807) is 45.9 Å². The van der Waals surface area contributed by atoms with Crippen LogP contribution >= 0.6 is 11.6 Å². The van der Waals surface area contributed by atoms with Crippen molar-refractivity contribution in [3.05, 3.63) is 34.5 Å². The van der Waals surface area contributed by atoms with Crippen molar-refractivity contribution in [2.75, 3.05) is 13.7 Å². The molecular formula is C23H25ClN2O6. The number of ketones is 1. The Hall–Kier alpha value is -2.87. The minimum atomic E-state index is -1.08. The van der Waals surface area contributed by atoms with Crippen molar-refractivity contribution in [2.24, 2.45) is 0 Å². The molecule has 1 unspecified atom stereocenters. The molecule has 0 bridgehead atoms. The topological polar surface area (TPSA) is 95.0 Å². The van der Waals surface area contributed by atoms with Crippen molar-refractivity contribution in [1.29, 1.82) is 0 Å². The van der Waals surface area contributed by atoms with Gasteiger partial charge in [-0.3, -0.25) is 9.69 Å². The van der Waals surface area contributed by atoms with Gasteiger partial charge in [0.05, 0.1) is 36.8 Å². The van der Waals surface area contributed by atoms with Gasteiger partial charge >= 0.3 is 12.1 Å². The van der Waals surface area contributed by atoms with Crippen molar-refractivity contribution in [3.63, 3.8) is 0 Å². The molecule has 2 aromatic rings. The number of ether oxygens (including phenoxy) is 3. The lowest BCUT2D eigenvalue weighted by Crippen LogP contribution is -2.47. The average molecular weight is 461 g/mol. The largest absolute Gasteiger partial charge is 0.482 e. The number of hydrogen-bond acceptors (Lipinski definition) is 7. The first-order chi connectivity index (χ1) is 14.9. The van der Waals surface area contributed by atoms with Gasteiger partial charge in [-0.1, -0.05) is 11.6 Å². The van der Waals surface area contributed by atoms with Gasteiger partial charge in [0.15, 0.2) is 11.5 Å². The van der Waals surface area contributed by atoms with Crippen LogP contribution in [0.3, 0.4) is 0 Å². The molecule has 9 heteroatoms. The molecule has 8 nitrogen and oxygen atoms in total. The van der Waals surface area contributed by atoms with Crippen LogP contribution in [0.25, 0.3) is 10.9 Å². The van der Waals surface area contributed by atoms with Gasteiger partial charge in [0.1, 0.15) is 17.2 Å². The molecule has 2 aliphatic rings. The first-order valence-electron chi connectivity index (χ1n) is 10.3. The predicted molar refractivity (Wildman–Crippen MR) is 117 cm³/mol. The summed E-state index contributed by atoms with van der Waals surface area (Å²) in [7, 11) is 1.26. The number of halogens is 1. The van der Waals surface area contributed by atoms with Crippen molar-refractivity contribution >= 4 is 40.3 Å². The van der Waals surface area contributed by atoms with Crippen LogP contribution in [0.4, 0.5) is 4.79 Å². The number of aryl methyl sites for hydroxylation is 1. The zero-order valence-electron chi connectivity index (χ0n) is 18.7. The minimum Gasteiger partial charge on any atom is -0.482 e. The van der Waals surface area contributed by atoms with Gasteiger partial charge in [0.25, 0.3) is 0 Å². The maximum absolute atomic E-state index is 13.4. The van der Waals surface area contributed by atoms with E-state index in [9.17, 15) is 14.4 Å². The molecule has 32 heavy (non-hydrogen) atoms. The third kappa shape index (κ3) is 3.88. The average Bonchev–Trinajstić information content (AvgIpc) is 3.05. The number of Topliss-reactive ketones (excluding diaryl/α,β-unsaturated/α-hetero) is 1. The Kier molecular flexibility index (Phi) is 5.32. The van der Waals surface area contributed by atoms with Gasteiger partial charge in [-0.15, -0.1) is 0 Å². The highest BCUT2D eigenvalue weighted by atomic mass is 35.5. The zero-order chi connectivity index (χ0) is 23.4. The Morgan fingerprint density at radius 3 is 2.69 bits per heavy atom. The SMILES string of the molecule is COC(=O)[C@@H]1CC2(CC(=O)c3c(c(C)nc4ccc(Cl)cc34)O2)CN1C(=O)OC(C)(C)C. The van der Waals surface area contributed by atoms with Crippen LogP contribution in [0.2, 0.25) is 5.02 Å². The van der Waals surface area contributed by atoms with Crippen LogP contribution in [-0.2, 0) is 14.3 Å². The summed E-state index contributed by atoms with van der Waals surface area (Å²) in [6.07, 6.45) is -0.554. The standard InChI is InChI=1S/C23H25ClN2O6/c1-12-19-18(14-8-13(24)6-7-15(14)25-12)17(27)10-23(31-19)9-16(20(28)30-5)26(11-23)21(29)32-22(2,3)4/h6-8,16H,9-11H2,1-5H3/t16-,23?/m0/s1.